The van der Waals surface area contributed by atoms with Gasteiger partial charge in [0.05, 0.1) is 5.56 Å². The van der Waals surface area contributed by atoms with Crippen LogP contribution in [0, 0.1) is 0 Å². The topological polar surface area (TPSA) is 74.3 Å². The van der Waals surface area contributed by atoms with Crippen LogP contribution in [0.15, 0.2) is 66.9 Å². The number of hydrogen-bond acceptors (Lipinski definition) is 5. The van der Waals surface area contributed by atoms with E-state index in [0.717, 1.165) is 17.1 Å². The first kappa shape index (κ1) is 19.1. The lowest BCUT2D eigenvalue weighted by molar-refractivity contribution is 0.101. The van der Waals surface area contributed by atoms with E-state index in [0.29, 0.717) is 16.9 Å². The van der Waals surface area contributed by atoms with Gasteiger partial charge in [-0.3, -0.25) is 9.59 Å². The van der Waals surface area contributed by atoms with Gasteiger partial charge >= 0.3 is 0 Å². The number of pyridine rings is 1. The Labute approximate surface area is 164 Å². The van der Waals surface area contributed by atoms with Crippen LogP contribution in [0.25, 0.3) is 0 Å². The molecule has 2 N–H and O–H groups in total. The summed E-state index contributed by atoms with van der Waals surface area (Å²) in [5.41, 5.74) is 3.63. The zero-order valence-electron chi connectivity index (χ0n) is 16.1. The van der Waals surface area contributed by atoms with Crippen LogP contribution in [-0.4, -0.2) is 30.8 Å². The number of Topliss-reactive ketones (excluding diaryl/α,β-unsaturated/α-hetero) is 1. The zero-order chi connectivity index (χ0) is 20.1. The van der Waals surface area contributed by atoms with Gasteiger partial charge in [-0.25, -0.2) is 4.98 Å². The number of nitrogens with one attached hydrogen (secondary N) is 2. The second-order valence-corrected chi connectivity index (χ2v) is 6.59. The van der Waals surface area contributed by atoms with E-state index >= 15 is 0 Å². The predicted molar refractivity (Wildman–Crippen MR) is 113 cm³/mol. The average Bonchev–Trinajstić information content (AvgIpc) is 2.69. The van der Waals surface area contributed by atoms with E-state index in [1.54, 1.807) is 24.3 Å². The second kappa shape index (κ2) is 8.35. The lowest BCUT2D eigenvalue weighted by Gasteiger charge is -2.13. The van der Waals surface area contributed by atoms with Gasteiger partial charge in [0.25, 0.3) is 5.91 Å². The molecule has 0 aliphatic carbocycles. The van der Waals surface area contributed by atoms with Crippen molar-refractivity contribution < 1.29 is 9.59 Å². The van der Waals surface area contributed by atoms with Gasteiger partial charge in [0.15, 0.2) is 5.78 Å². The smallest absolute Gasteiger partial charge is 0.257 e. The van der Waals surface area contributed by atoms with Crippen molar-refractivity contribution in [2.24, 2.45) is 0 Å². The number of benzene rings is 2. The maximum Gasteiger partial charge on any atom is 0.257 e. The molecule has 142 valence electrons. The minimum atomic E-state index is -0.227. The van der Waals surface area contributed by atoms with Crippen LogP contribution in [0.3, 0.4) is 0 Å². The first-order chi connectivity index (χ1) is 13.4. The van der Waals surface area contributed by atoms with Crippen molar-refractivity contribution in [2.45, 2.75) is 6.92 Å². The number of nitrogens with zero attached hydrogens (tertiary/aromatic N) is 2. The maximum atomic E-state index is 12.4. The molecular weight excluding hydrogens is 352 g/mol. The molecular formula is C22H22N4O2. The molecule has 0 fully saturated rings. The number of anilines is 4. The summed E-state index contributed by atoms with van der Waals surface area (Å²) in [6.45, 7) is 1.53. The Balaban J connectivity index is 1.65. The molecule has 1 heterocycles. The van der Waals surface area contributed by atoms with E-state index in [2.05, 4.69) is 15.6 Å². The molecule has 3 rings (SSSR count). The van der Waals surface area contributed by atoms with Crippen LogP contribution in [0.1, 0.15) is 27.6 Å². The molecule has 0 atom stereocenters. The van der Waals surface area contributed by atoms with Crippen LogP contribution in [-0.2, 0) is 0 Å². The summed E-state index contributed by atoms with van der Waals surface area (Å²) in [6.07, 6.45) is 1.51. The number of carbonyl (C=O) groups is 2. The first-order valence-corrected chi connectivity index (χ1v) is 8.85. The highest BCUT2D eigenvalue weighted by Crippen LogP contribution is 2.18. The normalized spacial score (nSPS) is 10.2. The van der Waals surface area contributed by atoms with Crippen molar-refractivity contribution in [1.82, 2.24) is 4.98 Å². The molecule has 0 aliphatic heterocycles. The van der Waals surface area contributed by atoms with Crippen molar-refractivity contribution in [3.8, 4) is 0 Å². The highest BCUT2D eigenvalue weighted by atomic mass is 16.1. The minimum absolute atomic E-state index is 0.00208. The summed E-state index contributed by atoms with van der Waals surface area (Å²) in [5, 5.41) is 5.99. The van der Waals surface area contributed by atoms with Crippen LogP contribution < -0.4 is 15.5 Å². The van der Waals surface area contributed by atoms with Crippen molar-refractivity contribution in [3.63, 3.8) is 0 Å². The molecule has 0 spiro atoms. The van der Waals surface area contributed by atoms with Gasteiger partial charge in [-0.1, -0.05) is 12.1 Å². The third-order valence-electron chi connectivity index (χ3n) is 4.21. The van der Waals surface area contributed by atoms with Crippen LogP contribution in [0.5, 0.6) is 0 Å². The van der Waals surface area contributed by atoms with E-state index in [1.165, 1.54) is 13.1 Å². The standard InChI is InChI=1S/C22H22N4O2/c1-15(27)16-5-4-6-19(13-16)24-21-12-7-17(14-23-21)22(28)25-18-8-10-20(11-9-18)26(2)3/h4-14H,1-3H3,(H,23,24)(H,25,28). The molecule has 0 saturated carbocycles. The Morgan fingerprint density at radius 2 is 1.64 bits per heavy atom. The monoisotopic (exact) mass is 374 g/mol. The molecule has 6 heteroatoms. The van der Waals surface area contributed by atoms with Crippen molar-refractivity contribution in [1.29, 1.82) is 0 Å². The maximum absolute atomic E-state index is 12.4. The Kier molecular flexibility index (Phi) is 5.69. The molecule has 0 radical (unpaired) electrons. The molecule has 0 bridgehead atoms. The van der Waals surface area contributed by atoms with Crippen LogP contribution in [0.4, 0.5) is 22.9 Å². The van der Waals surface area contributed by atoms with Gasteiger partial charge < -0.3 is 15.5 Å². The van der Waals surface area contributed by atoms with Crippen molar-refractivity contribution >= 4 is 34.6 Å². The van der Waals surface area contributed by atoms with Crippen molar-refractivity contribution in [2.75, 3.05) is 29.6 Å². The van der Waals surface area contributed by atoms with E-state index < -0.39 is 0 Å². The molecule has 1 amide bonds. The van der Waals surface area contributed by atoms with Gasteiger partial charge in [0, 0.05) is 42.9 Å². The molecule has 6 nitrogen and oxygen atoms in total. The lowest BCUT2D eigenvalue weighted by atomic mass is 10.1. The number of hydrogen-bond donors (Lipinski definition) is 2. The summed E-state index contributed by atoms with van der Waals surface area (Å²) in [6, 6.07) is 18.2. The highest BCUT2D eigenvalue weighted by Gasteiger charge is 2.08. The molecule has 0 unspecified atom stereocenters. The van der Waals surface area contributed by atoms with Crippen LogP contribution in [0.2, 0.25) is 0 Å². The molecule has 0 aliphatic rings. The number of aromatic nitrogens is 1. The fraction of sp³-hybridized carbons (Fsp3) is 0.136. The Morgan fingerprint density at radius 1 is 0.893 bits per heavy atom. The van der Waals surface area contributed by atoms with Gasteiger partial charge in [-0.05, 0) is 55.5 Å². The number of amides is 1. The Morgan fingerprint density at radius 3 is 2.25 bits per heavy atom. The van der Waals surface area contributed by atoms with Gasteiger partial charge in [0.2, 0.25) is 0 Å². The summed E-state index contributed by atoms with van der Waals surface area (Å²) >= 11 is 0. The van der Waals surface area contributed by atoms with Gasteiger partial charge in [-0.15, -0.1) is 0 Å². The van der Waals surface area contributed by atoms with E-state index in [9.17, 15) is 9.59 Å². The summed E-state index contributed by atoms with van der Waals surface area (Å²) < 4.78 is 0. The third kappa shape index (κ3) is 4.73. The SMILES string of the molecule is CC(=O)c1cccc(Nc2ccc(C(=O)Nc3ccc(N(C)C)cc3)cn2)c1. The molecule has 1 aromatic heterocycles. The third-order valence-corrected chi connectivity index (χ3v) is 4.21. The predicted octanol–water partition coefficient (Wildman–Crippen LogP) is 4.35. The fourth-order valence-electron chi connectivity index (χ4n) is 2.61. The molecule has 2 aromatic carbocycles. The highest BCUT2D eigenvalue weighted by molar-refractivity contribution is 6.04. The van der Waals surface area contributed by atoms with E-state index in [1.807, 2.05) is 55.4 Å². The molecule has 3 aromatic rings. The summed E-state index contributed by atoms with van der Waals surface area (Å²) in [5.74, 6) is 0.366. The average molecular weight is 374 g/mol. The Bertz CT molecular complexity index is 980. The van der Waals surface area contributed by atoms with Crippen LogP contribution >= 0.6 is 0 Å². The number of carbonyl (C=O) groups excluding carboxylic acids is 2. The molecule has 0 saturated heterocycles. The fourth-order valence-corrected chi connectivity index (χ4v) is 2.61. The Hall–Kier alpha value is -3.67. The first-order valence-electron chi connectivity index (χ1n) is 8.85. The largest absolute Gasteiger partial charge is 0.378 e. The van der Waals surface area contributed by atoms with E-state index in [4.69, 9.17) is 0 Å². The van der Waals surface area contributed by atoms with Gasteiger partial charge in [0.1, 0.15) is 5.82 Å². The minimum Gasteiger partial charge on any atom is -0.378 e. The zero-order valence-corrected chi connectivity index (χ0v) is 16.1. The molecule has 28 heavy (non-hydrogen) atoms. The number of ketones is 1. The lowest BCUT2D eigenvalue weighted by Crippen LogP contribution is -2.13. The summed E-state index contributed by atoms with van der Waals surface area (Å²) in [4.78, 5) is 30.2. The second-order valence-electron chi connectivity index (χ2n) is 6.59. The summed E-state index contributed by atoms with van der Waals surface area (Å²) in [7, 11) is 3.93. The van der Waals surface area contributed by atoms with Crippen molar-refractivity contribution in [3.05, 3.63) is 78.0 Å². The van der Waals surface area contributed by atoms with E-state index in [-0.39, 0.29) is 11.7 Å². The quantitative estimate of drug-likeness (QED) is 0.628. The van der Waals surface area contributed by atoms with Gasteiger partial charge in [-0.2, -0.15) is 0 Å². The number of rotatable bonds is 6.